The van der Waals surface area contributed by atoms with Crippen molar-refractivity contribution in [3.05, 3.63) is 71.8 Å². The van der Waals surface area contributed by atoms with Gasteiger partial charge >= 0.3 is 0 Å². The molecule has 3 heteroatoms. The van der Waals surface area contributed by atoms with Gasteiger partial charge in [0.25, 0.3) is 0 Å². The predicted molar refractivity (Wildman–Crippen MR) is 71.6 cm³/mol. The third kappa shape index (κ3) is 4.03. The van der Waals surface area contributed by atoms with Crippen molar-refractivity contribution < 1.29 is 4.79 Å². The molecule has 0 bridgehead atoms. The monoisotopic (exact) mass is 240 g/mol. The van der Waals surface area contributed by atoms with E-state index in [1.54, 1.807) is 0 Å². The van der Waals surface area contributed by atoms with Gasteiger partial charge in [-0.25, -0.2) is 5.43 Å². The molecule has 1 amide bonds. The summed E-state index contributed by atoms with van der Waals surface area (Å²) in [6.07, 6.45) is 0.391. The zero-order chi connectivity index (χ0) is 12.6. The molecule has 2 aromatic rings. The van der Waals surface area contributed by atoms with Crippen LogP contribution < -0.4 is 10.9 Å². The molecule has 2 N–H and O–H groups in total. The largest absolute Gasteiger partial charge is 0.291 e. The van der Waals surface area contributed by atoms with E-state index < -0.39 is 0 Å². The maximum atomic E-state index is 11.6. The topological polar surface area (TPSA) is 41.1 Å². The summed E-state index contributed by atoms with van der Waals surface area (Å²) < 4.78 is 0. The molecule has 0 aliphatic carbocycles. The summed E-state index contributed by atoms with van der Waals surface area (Å²) in [5.41, 5.74) is 7.76. The second-order valence-corrected chi connectivity index (χ2v) is 4.05. The Kier molecular flexibility index (Phi) is 4.50. The van der Waals surface area contributed by atoms with Gasteiger partial charge in [0.15, 0.2) is 0 Å². The lowest BCUT2D eigenvalue weighted by atomic mass is 10.1. The van der Waals surface area contributed by atoms with Crippen molar-refractivity contribution in [2.75, 3.05) is 0 Å². The lowest BCUT2D eigenvalue weighted by Gasteiger charge is -2.07. The maximum Gasteiger partial charge on any atom is 0.238 e. The van der Waals surface area contributed by atoms with Crippen LogP contribution in [0, 0.1) is 0 Å². The number of carbonyl (C=O) groups is 1. The van der Waals surface area contributed by atoms with Crippen molar-refractivity contribution >= 4 is 5.91 Å². The van der Waals surface area contributed by atoms with Gasteiger partial charge in [-0.15, -0.1) is 0 Å². The van der Waals surface area contributed by atoms with Gasteiger partial charge in [0.2, 0.25) is 5.91 Å². The third-order valence-electron chi connectivity index (χ3n) is 2.57. The molecular weight excluding hydrogens is 224 g/mol. The molecule has 0 saturated carbocycles. The fourth-order valence-electron chi connectivity index (χ4n) is 1.67. The van der Waals surface area contributed by atoms with Crippen molar-refractivity contribution in [3.8, 4) is 0 Å². The van der Waals surface area contributed by atoms with Gasteiger partial charge in [-0.2, -0.15) is 0 Å². The summed E-state index contributed by atoms with van der Waals surface area (Å²) in [5.74, 6) is -0.0304. The van der Waals surface area contributed by atoms with Gasteiger partial charge in [-0.1, -0.05) is 60.7 Å². The SMILES string of the molecule is O=C(Cc1ccccc1)NNCc1ccccc1. The van der Waals surface area contributed by atoms with Crippen LogP contribution in [0.15, 0.2) is 60.7 Å². The van der Waals surface area contributed by atoms with E-state index in [0.717, 1.165) is 11.1 Å². The summed E-state index contributed by atoms with van der Waals surface area (Å²) in [4.78, 5) is 11.6. The molecule has 0 spiro atoms. The molecule has 0 fully saturated rings. The van der Waals surface area contributed by atoms with E-state index in [-0.39, 0.29) is 5.91 Å². The standard InChI is InChI=1S/C15H16N2O/c18-15(11-13-7-3-1-4-8-13)17-16-12-14-9-5-2-6-10-14/h1-10,16H,11-12H2,(H,17,18). The smallest absolute Gasteiger partial charge is 0.238 e. The highest BCUT2D eigenvalue weighted by Crippen LogP contribution is 1.99. The van der Waals surface area contributed by atoms with Gasteiger partial charge in [-0.05, 0) is 11.1 Å². The first-order chi connectivity index (χ1) is 8.84. The van der Waals surface area contributed by atoms with E-state index in [2.05, 4.69) is 10.9 Å². The van der Waals surface area contributed by atoms with Crippen LogP contribution in [-0.4, -0.2) is 5.91 Å². The van der Waals surface area contributed by atoms with Crippen LogP contribution in [0.5, 0.6) is 0 Å². The first-order valence-corrected chi connectivity index (χ1v) is 5.94. The zero-order valence-corrected chi connectivity index (χ0v) is 10.1. The van der Waals surface area contributed by atoms with Crippen LogP contribution >= 0.6 is 0 Å². The molecule has 0 aliphatic rings. The van der Waals surface area contributed by atoms with Crippen LogP contribution in [0.2, 0.25) is 0 Å². The van der Waals surface area contributed by atoms with E-state index in [9.17, 15) is 4.79 Å². The quantitative estimate of drug-likeness (QED) is 0.785. The Hall–Kier alpha value is -2.13. The number of carbonyl (C=O) groups excluding carboxylic acids is 1. The zero-order valence-electron chi connectivity index (χ0n) is 10.1. The highest BCUT2D eigenvalue weighted by atomic mass is 16.2. The Morgan fingerprint density at radius 2 is 1.39 bits per heavy atom. The Morgan fingerprint density at radius 1 is 0.833 bits per heavy atom. The summed E-state index contributed by atoms with van der Waals surface area (Å²) in [6.45, 7) is 0.626. The molecule has 0 heterocycles. The lowest BCUT2D eigenvalue weighted by molar-refractivity contribution is -0.121. The number of hydrogen-bond acceptors (Lipinski definition) is 2. The van der Waals surface area contributed by atoms with Crippen molar-refractivity contribution in [3.63, 3.8) is 0 Å². The molecule has 0 unspecified atom stereocenters. The van der Waals surface area contributed by atoms with Crippen LogP contribution in [-0.2, 0) is 17.8 Å². The number of rotatable bonds is 5. The molecule has 0 radical (unpaired) electrons. The van der Waals surface area contributed by atoms with Crippen LogP contribution in [0.25, 0.3) is 0 Å². The van der Waals surface area contributed by atoms with Gasteiger partial charge < -0.3 is 0 Å². The maximum absolute atomic E-state index is 11.6. The van der Waals surface area contributed by atoms with E-state index >= 15 is 0 Å². The van der Waals surface area contributed by atoms with E-state index in [1.807, 2.05) is 60.7 Å². The fraction of sp³-hybridized carbons (Fsp3) is 0.133. The average Bonchev–Trinajstić information content (AvgIpc) is 2.41. The molecule has 0 aliphatic heterocycles. The number of hydrogen-bond donors (Lipinski definition) is 2. The minimum Gasteiger partial charge on any atom is -0.291 e. The summed E-state index contributed by atoms with van der Waals surface area (Å²) in [7, 11) is 0. The molecule has 0 aromatic heterocycles. The second-order valence-electron chi connectivity index (χ2n) is 4.05. The molecule has 2 rings (SSSR count). The van der Waals surface area contributed by atoms with Gasteiger partial charge in [-0.3, -0.25) is 10.2 Å². The highest BCUT2D eigenvalue weighted by molar-refractivity contribution is 5.77. The van der Waals surface area contributed by atoms with Crippen LogP contribution in [0.1, 0.15) is 11.1 Å². The van der Waals surface area contributed by atoms with Crippen molar-refractivity contribution in [2.24, 2.45) is 0 Å². The summed E-state index contributed by atoms with van der Waals surface area (Å²) in [6, 6.07) is 19.6. The Balaban J connectivity index is 1.73. The van der Waals surface area contributed by atoms with Gasteiger partial charge in [0, 0.05) is 6.54 Å². The second kappa shape index (κ2) is 6.57. The van der Waals surface area contributed by atoms with Crippen LogP contribution in [0.4, 0.5) is 0 Å². The number of amides is 1. The molecule has 18 heavy (non-hydrogen) atoms. The lowest BCUT2D eigenvalue weighted by Crippen LogP contribution is -2.37. The average molecular weight is 240 g/mol. The normalized spacial score (nSPS) is 10.0. The van der Waals surface area contributed by atoms with E-state index in [1.165, 1.54) is 0 Å². The first kappa shape index (κ1) is 12.3. The molecule has 92 valence electrons. The number of hydrazine groups is 1. The molecule has 2 aromatic carbocycles. The number of nitrogens with one attached hydrogen (secondary N) is 2. The molecule has 3 nitrogen and oxygen atoms in total. The molecule has 0 saturated heterocycles. The molecular formula is C15H16N2O. The fourth-order valence-corrected chi connectivity index (χ4v) is 1.67. The Bertz CT molecular complexity index is 482. The van der Waals surface area contributed by atoms with Crippen molar-refractivity contribution in [1.82, 2.24) is 10.9 Å². The van der Waals surface area contributed by atoms with Crippen LogP contribution in [0.3, 0.4) is 0 Å². The van der Waals surface area contributed by atoms with Gasteiger partial charge in [0.1, 0.15) is 0 Å². The summed E-state index contributed by atoms with van der Waals surface area (Å²) in [5, 5.41) is 0. The highest BCUT2D eigenvalue weighted by Gasteiger charge is 2.01. The third-order valence-corrected chi connectivity index (χ3v) is 2.57. The van der Waals surface area contributed by atoms with Crippen molar-refractivity contribution in [2.45, 2.75) is 13.0 Å². The summed E-state index contributed by atoms with van der Waals surface area (Å²) >= 11 is 0. The first-order valence-electron chi connectivity index (χ1n) is 5.94. The van der Waals surface area contributed by atoms with Gasteiger partial charge in [0.05, 0.1) is 6.42 Å². The Morgan fingerprint density at radius 3 is 2.00 bits per heavy atom. The minimum atomic E-state index is -0.0304. The Labute approximate surface area is 107 Å². The minimum absolute atomic E-state index is 0.0304. The number of benzene rings is 2. The molecule has 0 atom stereocenters. The predicted octanol–water partition coefficient (Wildman–Crippen LogP) is 2.05. The van der Waals surface area contributed by atoms with E-state index in [0.29, 0.717) is 13.0 Å². The van der Waals surface area contributed by atoms with E-state index in [4.69, 9.17) is 0 Å². The van der Waals surface area contributed by atoms with Crippen molar-refractivity contribution in [1.29, 1.82) is 0 Å².